The van der Waals surface area contributed by atoms with Crippen molar-refractivity contribution in [2.24, 2.45) is 5.92 Å². The smallest absolute Gasteiger partial charge is 0.00106 e. The van der Waals surface area contributed by atoms with Gasteiger partial charge in [-0.2, -0.15) is 0 Å². The largest absolute Gasteiger partial charge is 0.306 e. The van der Waals surface area contributed by atoms with E-state index in [-0.39, 0.29) is 0 Å². The van der Waals surface area contributed by atoms with Crippen molar-refractivity contribution < 1.29 is 0 Å². The summed E-state index contributed by atoms with van der Waals surface area (Å²) in [7, 11) is 2.25. The van der Waals surface area contributed by atoms with Gasteiger partial charge in [0, 0.05) is 6.54 Å². The van der Waals surface area contributed by atoms with E-state index < -0.39 is 0 Å². The Hall–Kier alpha value is -0.0800. The highest BCUT2D eigenvalue weighted by Crippen LogP contribution is 2.19. The molecule has 0 spiro atoms. The summed E-state index contributed by atoms with van der Waals surface area (Å²) in [6.07, 6.45) is 8.65. The van der Waals surface area contributed by atoms with Gasteiger partial charge in [0.2, 0.25) is 0 Å². The fourth-order valence-corrected chi connectivity index (χ4v) is 2.93. The van der Waals surface area contributed by atoms with Crippen LogP contribution >= 0.6 is 0 Å². The first-order chi connectivity index (χ1) is 7.34. The molecule has 15 heavy (non-hydrogen) atoms. The molecule has 2 heterocycles. The molecule has 0 aromatic rings. The second kappa shape index (κ2) is 5.86. The molecule has 88 valence electrons. The quantitative estimate of drug-likeness (QED) is 0.689. The van der Waals surface area contributed by atoms with E-state index in [1.807, 2.05) is 0 Å². The molecule has 0 bridgehead atoms. The summed E-state index contributed by atoms with van der Waals surface area (Å²) < 4.78 is 0. The minimum atomic E-state index is 0.985. The van der Waals surface area contributed by atoms with Crippen LogP contribution in [0.1, 0.15) is 38.5 Å². The van der Waals surface area contributed by atoms with Gasteiger partial charge in [-0.1, -0.05) is 12.8 Å². The standard InChI is InChI=1S/C13H26N2/c1-14-10-6-13(7-11-14)12-15-8-4-2-3-5-9-15/h13H,2-12H2,1H3. The molecule has 2 nitrogen and oxygen atoms in total. The molecule has 2 aliphatic heterocycles. The van der Waals surface area contributed by atoms with E-state index in [9.17, 15) is 0 Å². The monoisotopic (exact) mass is 210 g/mol. The lowest BCUT2D eigenvalue weighted by Crippen LogP contribution is -2.37. The minimum absolute atomic E-state index is 0.985. The molecule has 0 radical (unpaired) electrons. The second-order valence-electron chi connectivity index (χ2n) is 5.46. The van der Waals surface area contributed by atoms with Crippen molar-refractivity contribution in [3.63, 3.8) is 0 Å². The summed E-state index contributed by atoms with van der Waals surface area (Å²) in [6.45, 7) is 6.75. The third kappa shape index (κ3) is 3.76. The van der Waals surface area contributed by atoms with Crippen LogP contribution in [0.5, 0.6) is 0 Å². The molecule has 0 amide bonds. The Morgan fingerprint density at radius 2 is 1.47 bits per heavy atom. The number of hydrogen-bond donors (Lipinski definition) is 0. The van der Waals surface area contributed by atoms with Gasteiger partial charge in [-0.15, -0.1) is 0 Å². The maximum absolute atomic E-state index is 2.73. The van der Waals surface area contributed by atoms with Gasteiger partial charge in [0.05, 0.1) is 0 Å². The average molecular weight is 210 g/mol. The molecule has 2 aliphatic rings. The minimum Gasteiger partial charge on any atom is -0.306 e. The van der Waals surface area contributed by atoms with E-state index in [2.05, 4.69) is 16.8 Å². The lowest BCUT2D eigenvalue weighted by Gasteiger charge is -2.32. The molecule has 2 heteroatoms. The third-order valence-corrected chi connectivity index (χ3v) is 4.05. The van der Waals surface area contributed by atoms with Crippen molar-refractivity contribution in [1.29, 1.82) is 0 Å². The van der Waals surface area contributed by atoms with Gasteiger partial charge in [-0.05, 0) is 64.8 Å². The predicted octanol–water partition coefficient (Wildman–Crippen LogP) is 2.20. The van der Waals surface area contributed by atoms with Crippen LogP contribution in [0.4, 0.5) is 0 Å². The van der Waals surface area contributed by atoms with Gasteiger partial charge in [0.25, 0.3) is 0 Å². The van der Waals surface area contributed by atoms with Crippen LogP contribution in [-0.2, 0) is 0 Å². The normalized spacial score (nSPS) is 27.8. The summed E-state index contributed by atoms with van der Waals surface area (Å²) in [5, 5.41) is 0. The molecule has 0 saturated carbocycles. The van der Waals surface area contributed by atoms with Gasteiger partial charge >= 0.3 is 0 Å². The van der Waals surface area contributed by atoms with Crippen LogP contribution in [0.3, 0.4) is 0 Å². The Morgan fingerprint density at radius 1 is 0.867 bits per heavy atom. The fourth-order valence-electron chi connectivity index (χ4n) is 2.93. The highest BCUT2D eigenvalue weighted by atomic mass is 15.1. The molecule has 2 rings (SSSR count). The predicted molar refractivity (Wildman–Crippen MR) is 65.1 cm³/mol. The molecule has 0 N–H and O–H groups in total. The summed E-state index contributed by atoms with van der Waals surface area (Å²) in [4.78, 5) is 5.20. The molecule has 0 atom stereocenters. The van der Waals surface area contributed by atoms with E-state index in [1.54, 1.807) is 0 Å². The van der Waals surface area contributed by atoms with E-state index in [0.717, 1.165) is 5.92 Å². The van der Waals surface area contributed by atoms with Crippen LogP contribution in [0.2, 0.25) is 0 Å². The number of piperidine rings is 1. The van der Waals surface area contributed by atoms with Gasteiger partial charge in [-0.25, -0.2) is 0 Å². The number of hydrogen-bond acceptors (Lipinski definition) is 2. The van der Waals surface area contributed by atoms with E-state index in [1.165, 1.54) is 71.2 Å². The summed E-state index contributed by atoms with van der Waals surface area (Å²) in [6, 6.07) is 0. The van der Waals surface area contributed by atoms with Crippen molar-refractivity contribution in [3.8, 4) is 0 Å². The van der Waals surface area contributed by atoms with E-state index in [4.69, 9.17) is 0 Å². The molecular weight excluding hydrogens is 184 g/mol. The van der Waals surface area contributed by atoms with Gasteiger partial charge in [-0.3, -0.25) is 0 Å². The summed E-state index contributed by atoms with van der Waals surface area (Å²) in [5.41, 5.74) is 0. The number of rotatable bonds is 2. The van der Waals surface area contributed by atoms with Crippen LogP contribution in [0.25, 0.3) is 0 Å². The van der Waals surface area contributed by atoms with Crippen molar-refractivity contribution >= 4 is 0 Å². The van der Waals surface area contributed by atoms with Crippen molar-refractivity contribution in [1.82, 2.24) is 9.80 Å². The Labute approximate surface area is 94.6 Å². The molecule has 0 unspecified atom stereocenters. The van der Waals surface area contributed by atoms with Crippen LogP contribution in [-0.4, -0.2) is 49.6 Å². The highest BCUT2D eigenvalue weighted by molar-refractivity contribution is 4.74. The summed E-state index contributed by atoms with van der Waals surface area (Å²) >= 11 is 0. The third-order valence-electron chi connectivity index (χ3n) is 4.05. The van der Waals surface area contributed by atoms with E-state index in [0.29, 0.717) is 0 Å². The Bertz CT molecular complexity index is 165. The fraction of sp³-hybridized carbons (Fsp3) is 1.00. The van der Waals surface area contributed by atoms with Crippen molar-refractivity contribution in [2.45, 2.75) is 38.5 Å². The molecule has 2 saturated heterocycles. The van der Waals surface area contributed by atoms with Crippen molar-refractivity contribution in [2.75, 3.05) is 39.8 Å². The highest BCUT2D eigenvalue weighted by Gasteiger charge is 2.19. The first-order valence-corrected chi connectivity index (χ1v) is 6.75. The SMILES string of the molecule is CN1CCC(CN2CCCCCC2)CC1. The zero-order valence-corrected chi connectivity index (χ0v) is 10.2. The second-order valence-corrected chi connectivity index (χ2v) is 5.46. The number of likely N-dealkylation sites (tertiary alicyclic amines) is 2. The molecular formula is C13H26N2. The van der Waals surface area contributed by atoms with Crippen LogP contribution in [0, 0.1) is 5.92 Å². The zero-order chi connectivity index (χ0) is 10.5. The molecule has 0 aromatic heterocycles. The van der Waals surface area contributed by atoms with Crippen LogP contribution < -0.4 is 0 Å². The molecule has 0 aromatic carbocycles. The first-order valence-electron chi connectivity index (χ1n) is 6.75. The topological polar surface area (TPSA) is 6.48 Å². The Morgan fingerprint density at radius 3 is 2.07 bits per heavy atom. The Balaban J connectivity index is 1.70. The molecule has 2 fully saturated rings. The summed E-state index contributed by atoms with van der Waals surface area (Å²) in [5.74, 6) is 0.985. The lowest BCUT2D eigenvalue weighted by atomic mass is 9.96. The maximum Gasteiger partial charge on any atom is 0.00106 e. The van der Waals surface area contributed by atoms with E-state index >= 15 is 0 Å². The van der Waals surface area contributed by atoms with Crippen molar-refractivity contribution in [3.05, 3.63) is 0 Å². The average Bonchev–Trinajstić information content (AvgIpc) is 2.50. The number of nitrogens with zero attached hydrogens (tertiary/aromatic N) is 2. The maximum atomic E-state index is 2.73. The lowest BCUT2D eigenvalue weighted by molar-refractivity contribution is 0.163. The van der Waals surface area contributed by atoms with Gasteiger partial charge in [0.1, 0.15) is 0 Å². The van der Waals surface area contributed by atoms with Gasteiger partial charge < -0.3 is 9.80 Å². The molecule has 0 aliphatic carbocycles. The first kappa shape index (κ1) is 11.4. The zero-order valence-electron chi connectivity index (χ0n) is 10.2. The van der Waals surface area contributed by atoms with Crippen LogP contribution in [0.15, 0.2) is 0 Å². The Kier molecular flexibility index (Phi) is 4.45. The van der Waals surface area contributed by atoms with Gasteiger partial charge in [0.15, 0.2) is 0 Å².